The molecule has 2 aliphatic carbocycles. The molecule has 1 aromatic rings. The smallest absolute Gasteiger partial charge is 0.407 e. The van der Waals surface area contributed by atoms with Crippen molar-refractivity contribution in [2.75, 3.05) is 19.7 Å². The molecule has 0 unspecified atom stereocenters. The van der Waals surface area contributed by atoms with Gasteiger partial charge in [0.25, 0.3) is 0 Å². The third-order valence-electron chi connectivity index (χ3n) is 7.24. The van der Waals surface area contributed by atoms with E-state index in [9.17, 15) is 9.59 Å². The van der Waals surface area contributed by atoms with Gasteiger partial charge in [0.1, 0.15) is 6.61 Å². The van der Waals surface area contributed by atoms with E-state index in [4.69, 9.17) is 4.74 Å². The second kappa shape index (κ2) is 5.73. The Bertz CT molecular complexity index is 710. The van der Waals surface area contributed by atoms with E-state index >= 15 is 0 Å². The fourth-order valence-corrected chi connectivity index (χ4v) is 5.58. The number of ether oxygens (including phenoxy) is 1. The highest BCUT2D eigenvalue weighted by molar-refractivity contribution is 5.81. The van der Waals surface area contributed by atoms with E-state index in [-0.39, 0.29) is 23.5 Å². The van der Waals surface area contributed by atoms with Gasteiger partial charge in [0.05, 0.1) is 5.54 Å². The summed E-state index contributed by atoms with van der Waals surface area (Å²) in [6, 6.07) is 10.8. The van der Waals surface area contributed by atoms with Crippen LogP contribution in [0.15, 0.2) is 30.3 Å². The topological polar surface area (TPSA) is 58.6 Å². The zero-order chi connectivity index (χ0) is 17.8. The molecule has 1 aromatic carbocycles. The summed E-state index contributed by atoms with van der Waals surface area (Å²) < 4.78 is 5.01. The van der Waals surface area contributed by atoms with Gasteiger partial charge in [-0.3, -0.25) is 4.79 Å². The second-order valence-corrected chi connectivity index (χ2v) is 8.93. The summed E-state index contributed by atoms with van der Waals surface area (Å²) in [6.07, 6.45) is 5.95. The summed E-state index contributed by atoms with van der Waals surface area (Å²) in [5.41, 5.74) is 1.67. The summed E-state index contributed by atoms with van der Waals surface area (Å²) in [5, 5.41) is 2.87. The molecular formula is C21H26N2O3. The molecule has 1 N–H and O–H groups in total. The number of hydrogen-bond donors (Lipinski definition) is 1. The average Bonchev–Trinajstić information content (AvgIpc) is 3.01. The Labute approximate surface area is 154 Å². The minimum Gasteiger partial charge on any atom is -0.447 e. The van der Waals surface area contributed by atoms with Crippen LogP contribution in [-0.4, -0.2) is 42.1 Å². The van der Waals surface area contributed by atoms with Crippen molar-refractivity contribution in [1.82, 2.24) is 10.2 Å². The van der Waals surface area contributed by atoms with Crippen LogP contribution >= 0.6 is 0 Å². The monoisotopic (exact) mass is 354 g/mol. The quantitative estimate of drug-likeness (QED) is 0.888. The second-order valence-electron chi connectivity index (χ2n) is 8.93. The highest BCUT2D eigenvalue weighted by Crippen LogP contribution is 2.56. The minimum absolute atomic E-state index is 0.0597. The van der Waals surface area contributed by atoms with Gasteiger partial charge in [-0.2, -0.15) is 0 Å². The zero-order valence-corrected chi connectivity index (χ0v) is 15.1. The first-order chi connectivity index (χ1) is 12.6. The fourth-order valence-electron chi connectivity index (χ4n) is 5.58. The van der Waals surface area contributed by atoms with Gasteiger partial charge in [-0.25, -0.2) is 4.79 Å². The Morgan fingerprint density at radius 1 is 1.08 bits per heavy atom. The maximum atomic E-state index is 12.8. The molecule has 2 saturated heterocycles. The van der Waals surface area contributed by atoms with E-state index in [1.54, 1.807) is 0 Å². The number of likely N-dealkylation sites (tertiary alicyclic amines) is 1. The molecule has 5 rings (SSSR count). The van der Waals surface area contributed by atoms with Gasteiger partial charge in [-0.05, 0) is 55.4 Å². The van der Waals surface area contributed by atoms with Crippen molar-refractivity contribution >= 4 is 12.0 Å². The van der Waals surface area contributed by atoms with Crippen molar-refractivity contribution < 1.29 is 14.3 Å². The van der Waals surface area contributed by atoms with Crippen LogP contribution < -0.4 is 5.32 Å². The predicted octanol–water partition coefficient (Wildman–Crippen LogP) is 3.06. The minimum atomic E-state index is -0.339. The van der Waals surface area contributed by atoms with Crippen LogP contribution in [0.1, 0.15) is 50.0 Å². The van der Waals surface area contributed by atoms with Gasteiger partial charge in [-0.1, -0.05) is 30.3 Å². The summed E-state index contributed by atoms with van der Waals surface area (Å²) >= 11 is 0. The van der Waals surface area contributed by atoms with Gasteiger partial charge in [0.15, 0.2) is 0 Å². The predicted molar refractivity (Wildman–Crippen MR) is 96.6 cm³/mol. The van der Waals surface area contributed by atoms with Crippen molar-refractivity contribution in [3.8, 4) is 0 Å². The number of hydrogen-bond acceptors (Lipinski definition) is 3. The van der Waals surface area contributed by atoms with Crippen LogP contribution in [0.3, 0.4) is 0 Å². The molecule has 0 radical (unpaired) electrons. The number of nitrogens with zero attached hydrogens (tertiary/aromatic N) is 1. The number of nitrogens with one attached hydrogen (secondary N) is 1. The number of alkyl carbamates (subject to hydrolysis) is 1. The molecule has 2 spiro atoms. The Morgan fingerprint density at radius 3 is 2.38 bits per heavy atom. The number of cyclic esters (lactones) is 1. The molecule has 0 aromatic heterocycles. The van der Waals surface area contributed by atoms with Gasteiger partial charge in [-0.15, -0.1) is 0 Å². The van der Waals surface area contributed by atoms with Gasteiger partial charge < -0.3 is 15.0 Å². The molecule has 2 saturated carbocycles. The molecule has 4 fully saturated rings. The number of carbonyl (C=O) groups is 2. The third-order valence-corrected chi connectivity index (χ3v) is 7.24. The maximum absolute atomic E-state index is 12.8. The molecular weight excluding hydrogens is 328 g/mol. The molecule has 26 heavy (non-hydrogen) atoms. The lowest BCUT2D eigenvalue weighted by Crippen LogP contribution is -2.59. The lowest BCUT2D eigenvalue weighted by atomic mass is 9.56. The number of piperidine rings is 1. The third kappa shape index (κ3) is 2.60. The van der Waals surface area contributed by atoms with Gasteiger partial charge >= 0.3 is 6.09 Å². The molecule has 138 valence electrons. The molecule has 5 nitrogen and oxygen atoms in total. The Kier molecular flexibility index (Phi) is 3.56. The van der Waals surface area contributed by atoms with E-state index < -0.39 is 0 Å². The summed E-state index contributed by atoms with van der Waals surface area (Å²) in [7, 11) is 0. The van der Waals surface area contributed by atoms with E-state index in [0.717, 1.165) is 38.8 Å². The molecule has 2 aliphatic heterocycles. The van der Waals surface area contributed by atoms with Crippen LogP contribution in [0.2, 0.25) is 0 Å². The van der Waals surface area contributed by atoms with E-state index in [0.29, 0.717) is 17.9 Å². The first kappa shape index (κ1) is 16.2. The van der Waals surface area contributed by atoms with Crippen LogP contribution in [0.25, 0.3) is 0 Å². The molecule has 5 heteroatoms. The normalized spacial score (nSPS) is 26.9. The highest BCUT2D eigenvalue weighted by Gasteiger charge is 2.54. The van der Waals surface area contributed by atoms with Crippen LogP contribution in [0, 0.1) is 11.3 Å². The van der Waals surface area contributed by atoms with E-state index in [2.05, 4.69) is 40.5 Å². The molecule has 4 aliphatic rings. The maximum Gasteiger partial charge on any atom is 0.407 e. The van der Waals surface area contributed by atoms with Crippen LogP contribution in [0.4, 0.5) is 4.79 Å². The van der Waals surface area contributed by atoms with Gasteiger partial charge in [0.2, 0.25) is 5.91 Å². The Balaban J connectivity index is 1.12. The van der Waals surface area contributed by atoms with E-state index in [1.165, 1.54) is 18.4 Å². The number of carbonyl (C=O) groups excluding carboxylic acids is 2. The van der Waals surface area contributed by atoms with Crippen molar-refractivity contribution in [2.24, 2.45) is 11.3 Å². The molecule has 0 atom stereocenters. The molecule has 2 amide bonds. The lowest BCUT2D eigenvalue weighted by molar-refractivity contribution is -0.144. The highest BCUT2D eigenvalue weighted by atomic mass is 16.6. The molecule has 0 bridgehead atoms. The van der Waals surface area contributed by atoms with Crippen molar-refractivity contribution in [1.29, 1.82) is 0 Å². The number of rotatable bonds is 2. The standard InChI is InChI=1S/C21H26N2O3/c24-18(17-12-21(13-17)14-26-19(25)22-21)23-8-6-20(7-9-23)10-16(11-20)15-4-2-1-3-5-15/h1-5,16-17H,6-14H2,(H,22,25)/t17-,21+. The fraction of sp³-hybridized carbons (Fsp3) is 0.619. The van der Waals surface area contributed by atoms with Crippen molar-refractivity contribution in [3.05, 3.63) is 35.9 Å². The van der Waals surface area contributed by atoms with E-state index in [1.807, 2.05) is 0 Å². The number of amides is 2. The summed E-state index contributed by atoms with van der Waals surface area (Å²) in [6.45, 7) is 2.21. The average molecular weight is 354 g/mol. The van der Waals surface area contributed by atoms with Crippen molar-refractivity contribution in [3.63, 3.8) is 0 Å². The Morgan fingerprint density at radius 2 is 1.77 bits per heavy atom. The summed E-state index contributed by atoms with van der Waals surface area (Å²) in [4.78, 5) is 26.1. The zero-order valence-electron chi connectivity index (χ0n) is 15.1. The lowest BCUT2D eigenvalue weighted by Gasteiger charge is -2.53. The van der Waals surface area contributed by atoms with Crippen LogP contribution in [-0.2, 0) is 9.53 Å². The largest absolute Gasteiger partial charge is 0.447 e. The Hall–Kier alpha value is -2.04. The summed E-state index contributed by atoms with van der Waals surface area (Å²) in [5.74, 6) is 1.05. The first-order valence-corrected chi connectivity index (χ1v) is 9.85. The van der Waals surface area contributed by atoms with Gasteiger partial charge in [0, 0.05) is 19.0 Å². The van der Waals surface area contributed by atoms with Crippen LogP contribution in [0.5, 0.6) is 0 Å². The molecule has 2 heterocycles. The van der Waals surface area contributed by atoms with Crippen molar-refractivity contribution in [2.45, 2.75) is 50.0 Å². The number of benzene rings is 1. The first-order valence-electron chi connectivity index (χ1n) is 9.85. The SMILES string of the molecule is O=C1N[C@]2(CO1)C[C@H](C(=O)N1CCC3(CC1)CC(c1ccccc1)C3)C2.